The zero-order chi connectivity index (χ0) is 92.2. The van der Waals surface area contributed by atoms with Gasteiger partial charge in [0.15, 0.2) is 17.4 Å². The summed E-state index contributed by atoms with van der Waals surface area (Å²) in [5.74, 6) is -11.0. The molecule has 125 heavy (non-hydrogen) atoms. The van der Waals surface area contributed by atoms with Crippen molar-refractivity contribution in [3.05, 3.63) is 116 Å². The Morgan fingerprint density at radius 3 is 2.02 bits per heavy atom. The van der Waals surface area contributed by atoms with Gasteiger partial charge in [-0.25, -0.2) is 19.7 Å². The van der Waals surface area contributed by atoms with E-state index in [0.717, 1.165) is 11.1 Å². The number of fused-ring (bicyclic) bond motifs is 8. The Balaban J connectivity index is 0.000000425. The number of imidazole rings is 1. The number of anilines is 2. The van der Waals surface area contributed by atoms with Crippen molar-refractivity contribution in [1.82, 2.24) is 44.1 Å². The SMILES string of the molecule is C/C1=C2N=C(/C=C3N=C(/C(C)=C4/[C@@H](CCC(N)=O)[C@](C)(CC(N)=O)[C@](C)([C@@H]5N=C1[C@](C)(CCC(=O)NCC(C)OP(=O)([O-])O[C@H]1[C@@H](O)[C@@H](n6cnc7cc(C)c(C)cc76)O[C@@H]1CO)[C@H]5CC(N)=O)[N]4[Co+][C]#N)[C@@](C)(CC(N)=O)[C@@H]\3CCC(N)=O)C(C)(C)[C@@H]/2CCC(N)=O.Nc1nc(=O)c2nc(CNc3ccc(C(=O)N[C@@H](CCC(=O)O)C(=O)O)cc3)cnc2[nH]1. The number of phosphoric ester groups is 1. The van der Waals surface area contributed by atoms with Gasteiger partial charge in [-0.15, -0.1) is 0 Å². The molecule has 9 heterocycles. The molecule has 8 amide bonds. The Kier molecular flexibility index (Phi) is 29.2. The number of nitrogens with zero attached hydrogens (tertiary/aromatic N) is 10. The van der Waals surface area contributed by atoms with Gasteiger partial charge in [0.2, 0.25) is 5.95 Å². The molecule has 16 atom stereocenters. The summed E-state index contributed by atoms with van der Waals surface area (Å²) in [7, 11) is -5.35. The van der Waals surface area contributed by atoms with E-state index in [2.05, 4.69) is 45.9 Å². The van der Waals surface area contributed by atoms with Gasteiger partial charge in [0.25, 0.3) is 13.7 Å². The molecule has 0 aliphatic carbocycles. The minimum Gasteiger partial charge on any atom is -0.481 e. The van der Waals surface area contributed by atoms with E-state index in [4.69, 9.17) is 79.1 Å². The van der Waals surface area contributed by atoms with Crippen LogP contribution in [0.2, 0.25) is 0 Å². The number of amides is 8. The fourth-order valence-corrected chi connectivity index (χ4v) is 20.8. The number of hydrogen-bond donors (Lipinski definition) is 15. The fraction of sp³-hybridized carbons (Fsp3) is 0.524. The third-order valence-corrected chi connectivity index (χ3v) is 27.4. The number of ether oxygens (including phenoxy) is 1. The number of aliphatic carboxylic acids is 2. The first-order valence-electron chi connectivity index (χ1n) is 40.4. The Labute approximate surface area is 724 Å². The molecule has 2 unspecified atom stereocenters. The van der Waals surface area contributed by atoms with Crippen molar-refractivity contribution in [3.63, 3.8) is 0 Å². The molecule has 0 radical (unpaired) electrons. The van der Waals surface area contributed by atoms with Gasteiger partial charge in [0.05, 0.1) is 42.4 Å². The molecule has 6 aliphatic heterocycles. The number of nitriles is 1. The number of benzene rings is 2. The quantitative estimate of drug-likeness (QED) is 0.0256. The van der Waals surface area contributed by atoms with E-state index in [9.17, 15) is 77.7 Å². The molecule has 3 aromatic heterocycles. The van der Waals surface area contributed by atoms with E-state index < -0.39 is 173 Å². The molecule has 2 aromatic carbocycles. The maximum atomic E-state index is 14.5. The summed E-state index contributed by atoms with van der Waals surface area (Å²) in [6, 6.07) is 7.42. The molecular formula is C82H107CoN21O20P. The second-order valence-corrected chi connectivity index (χ2v) is 36.3. The number of allylic oxidation sites excluding steroid dienone is 6. The van der Waals surface area contributed by atoms with E-state index in [1.807, 2.05) is 53.7 Å². The molecule has 43 heteroatoms. The molecule has 5 aromatic rings. The van der Waals surface area contributed by atoms with Crippen molar-refractivity contribution in [1.29, 1.82) is 5.26 Å². The van der Waals surface area contributed by atoms with E-state index in [1.54, 1.807) is 49.9 Å². The third kappa shape index (κ3) is 20.2. The number of nitrogen functional groups attached to an aromatic ring is 1. The summed E-state index contributed by atoms with van der Waals surface area (Å²) >= 11 is 0.0230. The number of aliphatic hydroxyl groups excluding tert-OH is 2. The van der Waals surface area contributed by atoms with Crippen LogP contribution >= 0.6 is 7.82 Å². The van der Waals surface area contributed by atoms with Crippen molar-refractivity contribution >= 4 is 118 Å². The van der Waals surface area contributed by atoms with Crippen LogP contribution < -0.4 is 66.5 Å². The van der Waals surface area contributed by atoms with E-state index in [1.165, 1.54) is 36.1 Å². The molecule has 11 rings (SSSR count). The predicted molar refractivity (Wildman–Crippen MR) is 448 cm³/mol. The van der Waals surface area contributed by atoms with Gasteiger partial charge in [-0.1, -0.05) is 0 Å². The molecular weight excluding hydrogens is 1690 g/mol. The van der Waals surface area contributed by atoms with Crippen LogP contribution in [0.15, 0.2) is 103 Å². The van der Waals surface area contributed by atoms with Gasteiger partial charge >= 0.3 is 435 Å². The summed E-state index contributed by atoms with van der Waals surface area (Å²) in [6.45, 7) is 19.0. The van der Waals surface area contributed by atoms with Crippen LogP contribution in [0.25, 0.3) is 22.2 Å². The fourth-order valence-electron chi connectivity index (χ4n) is 18.5. The van der Waals surface area contributed by atoms with Crippen molar-refractivity contribution < 1.29 is 107 Å². The molecule has 41 nitrogen and oxygen atoms in total. The number of nitrogens with two attached hydrogens (primary N) is 7. The number of hydrogen-bond acceptors (Lipinski definition) is 29. The minimum absolute atomic E-state index is 0.0111. The predicted octanol–water partition coefficient (Wildman–Crippen LogP) is 2.68. The number of primary amides is 6. The summed E-state index contributed by atoms with van der Waals surface area (Å²) in [5, 5.41) is 61.1. The average Bonchev–Trinajstić information content (AvgIpc) is 1.51. The first-order chi connectivity index (χ1) is 58.5. The van der Waals surface area contributed by atoms with Crippen LogP contribution in [0.3, 0.4) is 0 Å². The topological polar surface area (TPSA) is 691 Å². The number of aromatic amines is 1. The number of aryl methyl sites for hydroxylation is 2. The number of phosphoric acid groups is 1. The first kappa shape index (κ1) is 95.7. The zero-order valence-electron chi connectivity index (χ0n) is 71.0. The van der Waals surface area contributed by atoms with Gasteiger partial charge in [-0.3, -0.25) is 18.9 Å². The molecule has 6 aliphatic rings. The number of aliphatic hydroxyl groups is 2. The monoisotopic (exact) mass is 1800 g/mol. The van der Waals surface area contributed by atoms with Gasteiger partial charge < -0.3 is 60.5 Å². The van der Waals surface area contributed by atoms with Crippen LogP contribution in [0.1, 0.15) is 179 Å². The van der Waals surface area contributed by atoms with Gasteiger partial charge in [-0.2, -0.15) is 4.98 Å². The standard InChI is InChI=1S/C62H90N13O14P.C19H19N7O6.CN.Co/c1-29-20-39-40(21-30(29)2)75(28-70-39)57-52(84)53(41(27-76)87-57)89-90(85,86)88-31(3)26-69-49(83)18-19-59(8)37(22-46(66)80)56-62(11)61(10,25-48(68)82)36(14-17-45(65)79)51(74-62)33(5)55-60(9,24-47(67)81)34(12-15-43(63)77)38(71-55)23-42-58(6,7)35(13-16-44(64)78)50(72-42)32(4)54(59)73-56;20-19-25-15-14(17(30)26-19)23-11(8-22-15)7-21-10-3-1-9(2-4-10)16(29)24-12(18(31)32)5-6-13(27)28;1-2;/h20-21,23,28,31,34-37,41,52-53,56-57,76,84H,12-19,22,24-27H2,1-11H3,(H15,63,64,65,66,67,68,69,71,72,73,74,77,78,79,80,81,82,83,85,86);1-4,8,12,21H,5-7H2,(H,24,29)(H,27,28)(H,31,32)(H3,20,22,25,26,30);;/q;;;+2/p-2/t31?,34-,35-,36-,37+,41-,52-,53-,56-,57+,59-,60+,61+,62+;12-;;/m10../s1. The van der Waals surface area contributed by atoms with Gasteiger partial charge in [0, 0.05) is 17.7 Å². The van der Waals surface area contributed by atoms with Crippen molar-refractivity contribution in [3.8, 4) is 5.00 Å². The first-order valence-corrected chi connectivity index (χ1v) is 42.8. The smallest absolute Gasteiger partial charge is 0.481 e. The Morgan fingerprint density at radius 1 is 0.792 bits per heavy atom. The molecule has 674 valence electrons. The summed E-state index contributed by atoms with van der Waals surface area (Å²) in [4.78, 5) is 189. The van der Waals surface area contributed by atoms with Gasteiger partial charge in [0.1, 0.15) is 24.4 Å². The number of carbonyl (C=O) groups is 10. The minimum atomic E-state index is -5.35. The van der Waals surface area contributed by atoms with E-state index >= 15 is 0 Å². The molecule has 0 spiro atoms. The average molecular weight is 1800 g/mol. The number of aliphatic imine (C=N–C) groups is 3. The van der Waals surface area contributed by atoms with E-state index in [-0.39, 0.29) is 134 Å². The number of carboxylic acids is 2. The van der Waals surface area contributed by atoms with Crippen molar-refractivity contribution in [2.75, 3.05) is 24.2 Å². The Bertz CT molecular complexity index is 5510. The van der Waals surface area contributed by atoms with Crippen molar-refractivity contribution in [2.45, 2.75) is 214 Å². The third-order valence-electron chi connectivity index (χ3n) is 25.2. The van der Waals surface area contributed by atoms with Crippen LogP contribution in [-0.2, 0) is 83.0 Å². The Morgan fingerprint density at radius 2 is 1.42 bits per heavy atom. The normalized spacial score (nSPS) is 27.9. The molecule has 0 saturated carbocycles. The zero-order valence-corrected chi connectivity index (χ0v) is 72.9. The van der Waals surface area contributed by atoms with Crippen molar-refractivity contribution in [2.24, 2.45) is 94.7 Å². The van der Waals surface area contributed by atoms with Crippen LogP contribution in [0.4, 0.5) is 11.6 Å². The number of aromatic nitrogens is 6. The Hall–Kier alpha value is -11.6. The second-order valence-electron chi connectivity index (χ2n) is 34.0. The molecule has 8 bridgehead atoms. The van der Waals surface area contributed by atoms with Gasteiger partial charge in [-0.05, 0) is 67.8 Å². The second kappa shape index (κ2) is 38.1. The number of nitrogens with one attached hydrogen (secondary N) is 4. The number of rotatable bonds is 36. The number of carboxylic acid groups (broad SMARTS) is 2. The summed E-state index contributed by atoms with van der Waals surface area (Å²) in [5.41, 5.74) is 42.8. The van der Waals surface area contributed by atoms with Crippen LogP contribution in [0.5, 0.6) is 0 Å². The number of carbonyl (C=O) groups excluding carboxylic acids is 8. The maximum absolute atomic E-state index is 14.5. The number of H-pyrrole nitrogens is 1. The van der Waals surface area contributed by atoms with E-state index in [0.29, 0.717) is 67.8 Å². The molecule has 2 fully saturated rings. The molecule has 2 saturated heterocycles. The summed E-state index contributed by atoms with van der Waals surface area (Å²) < 4.78 is 33.7. The summed E-state index contributed by atoms with van der Waals surface area (Å²) in [6.07, 6.45) is -4.52. The van der Waals surface area contributed by atoms with Crippen LogP contribution in [0, 0.1) is 69.4 Å². The molecule has 22 N–H and O–H groups in total. The van der Waals surface area contributed by atoms with Crippen LogP contribution in [-0.4, -0.2) is 185 Å².